The Morgan fingerprint density at radius 2 is 2.24 bits per heavy atom. The van der Waals surface area contributed by atoms with Gasteiger partial charge >= 0.3 is 0 Å². The van der Waals surface area contributed by atoms with Gasteiger partial charge in [-0.3, -0.25) is 4.79 Å². The minimum atomic E-state index is 0. The summed E-state index contributed by atoms with van der Waals surface area (Å²) in [5, 5.41) is 2.95. The fourth-order valence-electron chi connectivity index (χ4n) is 3.00. The van der Waals surface area contributed by atoms with Crippen LogP contribution in [0.1, 0.15) is 32.1 Å². The van der Waals surface area contributed by atoms with Crippen molar-refractivity contribution in [1.82, 2.24) is 10.2 Å². The molecule has 1 aliphatic carbocycles. The maximum atomic E-state index is 11.9. The Balaban J connectivity index is 0.00000144. The number of hydrogen-bond donors (Lipinski definition) is 1. The molecule has 0 aromatic rings. The minimum Gasteiger partial charge on any atom is -0.341 e. The zero-order valence-corrected chi connectivity index (χ0v) is 11.4. The summed E-state index contributed by atoms with van der Waals surface area (Å²) in [5.41, 5.74) is 0.399. The highest BCUT2D eigenvalue weighted by atomic mass is 35.5. The number of allylic oxidation sites excluding steroid dienone is 2. The van der Waals surface area contributed by atoms with Crippen molar-refractivity contribution in [1.29, 1.82) is 0 Å². The normalized spacial score (nSPS) is 27.9. The molecule has 0 bridgehead atoms. The van der Waals surface area contributed by atoms with Crippen molar-refractivity contribution in [2.24, 2.45) is 5.41 Å². The number of nitrogens with zero attached hydrogens (tertiary/aromatic N) is 1. The summed E-state index contributed by atoms with van der Waals surface area (Å²) >= 11 is 0. The molecule has 0 saturated carbocycles. The number of likely N-dealkylation sites (tertiary alicyclic amines) is 1. The van der Waals surface area contributed by atoms with E-state index in [0.29, 0.717) is 12.0 Å². The molecule has 4 heteroatoms. The maximum absolute atomic E-state index is 11.9. The van der Waals surface area contributed by atoms with E-state index in [2.05, 4.69) is 22.4 Å². The van der Waals surface area contributed by atoms with Gasteiger partial charge in [-0.1, -0.05) is 12.2 Å². The van der Waals surface area contributed by atoms with E-state index in [4.69, 9.17) is 0 Å². The molecule has 2 aliphatic rings. The second kappa shape index (κ2) is 6.41. The Morgan fingerprint density at radius 3 is 2.88 bits per heavy atom. The van der Waals surface area contributed by atoms with E-state index < -0.39 is 0 Å². The SMILES string of the molecule is CNCC(=O)N1CCCC2(CC=CCC2)C1.Cl. The number of piperidine rings is 1. The molecule has 1 heterocycles. The minimum absolute atomic E-state index is 0. The summed E-state index contributed by atoms with van der Waals surface area (Å²) < 4.78 is 0. The van der Waals surface area contributed by atoms with Crippen molar-refractivity contribution in [3.05, 3.63) is 12.2 Å². The van der Waals surface area contributed by atoms with Gasteiger partial charge in [0.2, 0.25) is 5.91 Å². The number of likely N-dealkylation sites (N-methyl/N-ethyl adjacent to an activating group) is 1. The lowest BCUT2D eigenvalue weighted by Crippen LogP contribution is -2.48. The first-order valence-electron chi connectivity index (χ1n) is 6.33. The first-order valence-corrected chi connectivity index (χ1v) is 6.33. The Morgan fingerprint density at radius 1 is 1.41 bits per heavy atom. The first-order chi connectivity index (χ1) is 7.76. The fraction of sp³-hybridized carbons (Fsp3) is 0.769. The van der Waals surface area contributed by atoms with Crippen LogP contribution in [0.4, 0.5) is 0 Å². The standard InChI is InChI=1S/C13H22N2O.ClH/c1-14-10-12(16)15-9-5-8-13(11-15)6-3-2-4-7-13;/h2-3,14H,4-11H2,1H3;1H. The van der Waals surface area contributed by atoms with Crippen molar-refractivity contribution in [2.45, 2.75) is 32.1 Å². The summed E-state index contributed by atoms with van der Waals surface area (Å²) in [6.07, 6.45) is 10.6. The number of rotatable bonds is 2. The largest absolute Gasteiger partial charge is 0.341 e. The lowest BCUT2D eigenvalue weighted by Gasteiger charge is -2.44. The van der Waals surface area contributed by atoms with Gasteiger partial charge in [0, 0.05) is 13.1 Å². The van der Waals surface area contributed by atoms with Gasteiger partial charge in [-0.05, 0) is 44.6 Å². The van der Waals surface area contributed by atoms with Crippen molar-refractivity contribution in [3.63, 3.8) is 0 Å². The molecule has 1 N–H and O–H groups in total. The molecular weight excluding hydrogens is 236 g/mol. The zero-order valence-electron chi connectivity index (χ0n) is 10.6. The van der Waals surface area contributed by atoms with Crippen molar-refractivity contribution >= 4 is 18.3 Å². The highest BCUT2D eigenvalue weighted by Gasteiger charge is 2.36. The Kier molecular flexibility index (Phi) is 5.47. The lowest BCUT2D eigenvalue weighted by molar-refractivity contribution is -0.133. The molecule has 0 radical (unpaired) electrons. The summed E-state index contributed by atoms with van der Waals surface area (Å²) in [7, 11) is 1.83. The number of carbonyl (C=O) groups is 1. The molecule has 0 aromatic heterocycles. The van der Waals surface area contributed by atoms with Crippen LogP contribution in [-0.2, 0) is 4.79 Å². The average Bonchev–Trinajstić information content (AvgIpc) is 2.30. The van der Waals surface area contributed by atoms with E-state index in [9.17, 15) is 4.79 Å². The molecule has 1 saturated heterocycles. The number of amides is 1. The number of hydrogen-bond acceptors (Lipinski definition) is 2. The molecule has 1 spiro atoms. The van der Waals surface area contributed by atoms with Gasteiger partial charge in [-0.15, -0.1) is 12.4 Å². The number of nitrogens with one attached hydrogen (secondary N) is 1. The highest BCUT2D eigenvalue weighted by Crippen LogP contribution is 2.40. The Hall–Kier alpha value is -0.540. The Bertz CT molecular complexity index is 293. The van der Waals surface area contributed by atoms with Gasteiger partial charge in [-0.25, -0.2) is 0 Å². The molecule has 1 atom stereocenters. The van der Waals surface area contributed by atoms with Gasteiger partial charge in [-0.2, -0.15) is 0 Å². The summed E-state index contributed by atoms with van der Waals surface area (Å²) in [4.78, 5) is 13.9. The van der Waals surface area contributed by atoms with E-state index in [1.165, 1.54) is 25.7 Å². The molecule has 1 fully saturated rings. The molecule has 0 aromatic carbocycles. The molecule has 98 valence electrons. The van der Waals surface area contributed by atoms with Gasteiger partial charge in [0.1, 0.15) is 0 Å². The van der Waals surface area contributed by atoms with E-state index >= 15 is 0 Å². The van der Waals surface area contributed by atoms with Gasteiger partial charge < -0.3 is 10.2 Å². The van der Waals surface area contributed by atoms with Gasteiger partial charge in [0.15, 0.2) is 0 Å². The average molecular weight is 259 g/mol. The molecule has 1 unspecified atom stereocenters. The predicted molar refractivity (Wildman–Crippen MR) is 72.4 cm³/mol. The van der Waals surface area contributed by atoms with Gasteiger partial charge in [0.05, 0.1) is 6.54 Å². The topological polar surface area (TPSA) is 32.3 Å². The second-order valence-corrected chi connectivity index (χ2v) is 5.16. The van der Waals surface area contributed by atoms with E-state index in [-0.39, 0.29) is 18.3 Å². The predicted octanol–water partition coefficient (Wildman–Crippen LogP) is 1.98. The number of carbonyl (C=O) groups excluding carboxylic acids is 1. The fourth-order valence-corrected chi connectivity index (χ4v) is 3.00. The third-order valence-electron chi connectivity index (χ3n) is 3.90. The van der Waals surface area contributed by atoms with E-state index in [0.717, 1.165) is 19.5 Å². The molecule has 17 heavy (non-hydrogen) atoms. The van der Waals surface area contributed by atoms with Crippen LogP contribution in [0.3, 0.4) is 0 Å². The van der Waals surface area contributed by atoms with Crippen LogP contribution in [-0.4, -0.2) is 37.5 Å². The van der Waals surface area contributed by atoms with Crippen molar-refractivity contribution in [3.8, 4) is 0 Å². The summed E-state index contributed by atoms with van der Waals surface area (Å²) in [6, 6.07) is 0. The summed E-state index contributed by atoms with van der Waals surface area (Å²) in [5.74, 6) is 0.260. The van der Waals surface area contributed by atoms with E-state index in [1.807, 2.05) is 7.05 Å². The Labute approximate surface area is 110 Å². The van der Waals surface area contributed by atoms with Crippen LogP contribution < -0.4 is 5.32 Å². The maximum Gasteiger partial charge on any atom is 0.236 e. The van der Waals surface area contributed by atoms with E-state index in [1.54, 1.807) is 0 Å². The van der Waals surface area contributed by atoms with Crippen LogP contribution >= 0.6 is 12.4 Å². The van der Waals surface area contributed by atoms with Crippen LogP contribution in [0, 0.1) is 5.41 Å². The molecule has 1 amide bonds. The third kappa shape index (κ3) is 3.46. The van der Waals surface area contributed by atoms with Crippen LogP contribution in [0.25, 0.3) is 0 Å². The quantitative estimate of drug-likeness (QED) is 0.769. The smallest absolute Gasteiger partial charge is 0.236 e. The lowest BCUT2D eigenvalue weighted by atomic mass is 9.71. The molecular formula is C13H23ClN2O. The summed E-state index contributed by atoms with van der Waals surface area (Å²) in [6.45, 7) is 2.40. The monoisotopic (exact) mass is 258 g/mol. The third-order valence-corrected chi connectivity index (χ3v) is 3.90. The van der Waals surface area contributed by atoms with Crippen LogP contribution in [0.15, 0.2) is 12.2 Å². The molecule has 1 aliphatic heterocycles. The van der Waals surface area contributed by atoms with Crippen molar-refractivity contribution in [2.75, 3.05) is 26.7 Å². The van der Waals surface area contributed by atoms with Crippen molar-refractivity contribution < 1.29 is 4.79 Å². The second-order valence-electron chi connectivity index (χ2n) is 5.16. The van der Waals surface area contributed by atoms with Gasteiger partial charge in [0.25, 0.3) is 0 Å². The highest BCUT2D eigenvalue weighted by molar-refractivity contribution is 5.85. The first kappa shape index (κ1) is 14.5. The molecule has 2 rings (SSSR count). The zero-order chi connectivity index (χ0) is 11.4. The number of halogens is 1. The van der Waals surface area contributed by atoms with Crippen LogP contribution in [0.2, 0.25) is 0 Å². The molecule has 3 nitrogen and oxygen atoms in total. The van der Waals surface area contributed by atoms with Crippen LogP contribution in [0.5, 0.6) is 0 Å².